The molecular weight excluding hydrogens is 428 g/mol. The number of carbonyl (C=O) groups is 1. The number of fused-ring (bicyclic) bond motifs is 5. The summed E-state index contributed by atoms with van der Waals surface area (Å²) in [6.45, 7) is -0.225. The second-order valence-corrected chi connectivity index (χ2v) is 9.62. The van der Waals surface area contributed by atoms with Gasteiger partial charge in [0.25, 0.3) is 0 Å². The number of ketones is 1. The number of Topliss-reactive ketones (excluding diaryl/α,β-unsaturated/α-hetero) is 1. The van der Waals surface area contributed by atoms with Gasteiger partial charge in [-0.15, -0.1) is 0 Å². The summed E-state index contributed by atoms with van der Waals surface area (Å²) in [4.78, 5) is 14.0. The number of benzene rings is 5. The Kier molecular flexibility index (Phi) is 5.67. The molecule has 171 valence electrons. The summed E-state index contributed by atoms with van der Waals surface area (Å²) in [5.41, 5.74) is 5.52. The van der Waals surface area contributed by atoms with E-state index in [9.17, 15) is 9.90 Å². The molecule has 35 heavy (non-hydrogen) atoms. The summed E-state index contributed by atoms with van der Waals surface area (Å²) in [6.07, 6.45) is 2.44. The molecule has 1 aliphatic carbocycles. The molecule has 5 aromatic carbocycles. The highest BCUT2D eigenvalue weighted by molar-refractivity contribution is 6.10. The van der Waals surface area contributed by atoms with E-state index in [-0.39, 0.29) is 18.4 Å². The van der Waals surface area contributed by atoms with Crippen LogP contribution < -0.4 is 0 Å². The minimum absolute atomic E-state index is 0.0233. The van der Waals surface area contributed by atoms with Gasteiger partial charge < -0.3 is 0 Å². The van der Waals surface area contributed by atoms with Gasteiger partial charge in [0.05, 0.1) is 5.92 Å². The van der Waals surface area contributed by atoms with Crippen molar-refractivity contribution in [2.24, 2.45) is 5.92 Å². The molecule has 1 aliphatic rings. The van der Waals surface area contributed by atoms with Crippen LogP contribution in [0.3, 0.4) is 0 Å². The fourth-order valence-electron chi connectivity index (χ4n) is 5.94. The fourth-order valence-corrected chi connectivity index (χ4v) is 5.94. The van der Waals surface area contributed by atoms with Gasteiger partial charge in [0.1, 0.15) is 12.4 Å². The van der Waals surface area contributed by atoms with E-state index in [1.54, 1.807) is 0 Å². The number of rotatable bonds is 5. The lowest BCUT2D eigenvalue weighted by atomic mass is 9.74. The van der Waals surface area contributed by atoms with Crippen LogP contribution in [-0.4, -0.2) is 5.78 Å². The highest BCUT2D eigenvalue weighted by Crippen LogP contribution is 2.39. The lowest BCUT2D eigenvalue weighted by molar-refractivity contribution is -0.123. The summed E-state index contributed by atoms with van der Waals surface area (Å²) in [5, 5.41) is 16.6. The monoisotopic (exact) mass is 455 g/mol. The Morgan fingerprint density at radius 2 is 1.31 bits per heavy atom. The van der Waals surface area contributed by atoms with Crippen molar-refractivity contribution in [1.29, 1.82) is 0 Å². The van der Waals surface area contributed by atoms with E-state index in [4.69, 9.17) is 0 Å². The zero-order valence-electron chi connectivity index (χ0n) is 19.6. The summed E-state index contributed by atoms with van der Waals surface area (Å²) < 4.78 is 0. The van der Waals surface area contributed by atoms with Gasteiger partial charge in [0, 0.05) is 5.92 Å². The quantitative estimate of drug-likeness (QED) is 0.254. The van der Waals surface area contributed by atoms with Crippen LogP contribution in [0.1, 0.15) is 40.2 Å². The molecule has 0 saturated heterocycles. The third-order valence-electron chi connectivity index (χ3n) is 7.65. The molecule has 6 rings (SSSR count). The van der Waals surface area contributed by atoms with Gasteiger partial charge in [-0.1, -0.05) is 97.1 Å². The molecule has 1 atom stereocenters. The molecule has 0 fully saturated rings. The first-order valence-electron chi connectivity index (χ1n) is 12.4. The molecule has 0 saturated carbocycles. The zero-order chi connectivity index (χ0) is 23.8. The Hall–Kier alpha value is -3.75. The summed E-state index contributed by atoms with van der Waals surface area (Å²) in [6, 6.07) is 35.0. The van der Waals surface area contributed by atoms with Crippen LogP contribution in [0.15, 0.2) is 103 Å². The third kappa shape index (κ3) is 3.84. The molecule has 0 bridgehead atoms. The van der Waals surface area contributed by atoms with Crippen LogP contribution in [0.4, 0.5) is 0 Å². The van der Waals surface area contributed by atoms with Crippen LogP contribution >= 0.6 is 0 Å². The second kappa shape index (κ2) is 9.13. The number of hydrogen-bond donors (Lipinski definition) is 0. The van der Waals surface area contributed by atoms with Crippen molar-refractivity contribution in [3.63, 3.8) is 0 Å². The van der Waals surface area contributed by atoms with Crippen LogP contribution in [-0.2, 0) is 29.3 Å². The van der Waals surface area contributed by atoms with Gasteiger partial charge in [-0.25, -0.2) is 5.11 Å². The molecule has 0 heterocycles. The van der Waals surface area contributed by atoms with E-state index in [0.29, 0.717) is 5.78 Å². The largest absolute Gasteiger partial charge is 0.298 e. The molecule has 2 heteroatoms. The average Bonchev–Trinajstić information content (AvgIpc) is 2.93. The Bertz CT molecular complexity index is 1480. The van der Waals surface area contributed by atoms with E-state index in [0.717, 1.165) is 46.7 Å². The van der Waals surface area contributed by atoms with E-state index >= 15 is 0 Å². The molecule has 5 aromatic rings. The Balaban J connectivity index is 1.39. The van der Waals surface area contributed by atoms with Crippen molar-refractivity contribution in [2.45, 2.75) is 31.8 Å². The maximum atomic E-state index is 14.0. The van der Waals surface area contributed by atoms with Crippen molar-refractivity contribution in [2.75, 3.05) is 0 Å². The van der Waals surface area contributed by atoms with Gasteiger partial charge in [-0.2, -0.15) is 0 Å². The first-order valence-corrected chi connectivity index (χ1v) is 12.4. The molecule has 0 amide bonds. The first kappa shape index (κ1) is 21.8. The topological polar surface area (TPSA) is 37.0 Å². The lowest BCUT2D eigenvalue weighted by Crippen LogP contribution is -2.28. The lowest BCUT2D eigenvalue weighted by Gasteiger charge is -2.29. The Morgan fingerprint density at radius 1 is 0.714 bits per heavy atom. The van der Waals surface area contributed by atoms with Crippen molar-refractivity contribution in [3.8, 4) is 0 Å². The molecule has 0 spiro atoms. The van der Waals surface area contributed by atoms with Crippen LogP contribution in [0, 0.1) is 5.92 Å². The van der Waals surface area contributed by atoms with Crippen LogP contribution in [0.25, 0.3) is 21.5 Å². The van der Waals surface area contributed by atoms with Gasteiger partial charge in [-0.3, -0.25) is 4.79 Å². The van der Waals surface area contributed by atoms with E-state index in [2.05, 4.69) is 48.5 Å². The van der Waals surface area contributed by atoms with Gasteiger partial charge in [0.2, 0.25) is 0 Å². The van der Waals surface area contributed by atoms with Crippen molar-refractivity contribution >= 4 is 27.3 Å². The maximum absolute atomic E-state index is 14.0. The van der Waals surface area contributed by atoms with E-state index in [1.807, 2.05) is 54.6 Å². The van der Waals surface area contributed by atoms with Gasteiger partial charge in [0.15, 0.2) is 0 Å². The predicted molar refractivity (Wildman–Crippen MR) is 141 cm³/mol. The number of aryl methyl sites for hydroxylation is 1. The average molecular weight is 456 g/mol. The zero-order valence-corrected chi connectivity index (χ0v) is 19.6. The minimum Gasteiger partial charge on any atom is -0.298 e. The molecular formula is C33H27O2. The fraction of sp³-hybridized carbons (Fsp3) is 0.182. The molecule has 1 radical (unpaired) electrons. The van der Waals surface area contributed by atoms with Crippen molar-refractivity contribution in [1.82, 2.24) is 0 Å². The number of hydrogen-bond acceptors (Lipinski definition) is 1. The predicted octanol–water partition coefficient (Wildman–Crippen LogP) is 7.43. The number of carbonyl (C=O) groups excluding carboxylic acids is 1. The van der Waals surface area contributed by atoms with Gasteiger partial charge in [-0.05, 0) is 74.7 Å². The molecule has 0 aromatic heterocycles. The normalized spacial score (nSPS) is 15.4. The van der Waals surface area contributed by atoms with Crippen LogP contribution in [0.2, 0.25) is 0 Å². The molecule has 0 aliphatic heterocycles. The Labute approximate surface area is 205 Å². The minimum atomic E-state index is -0.250. The first-order chi connectivity index (χ1) is 17.2. The van der Waals surface area contributed by atoms with E-state index in [1.165, 1.54) is 21.9 Å². The Morgan fingerprint density at radius 3 is 1.97 bits per heavy atom. The summed E-state index contributed by atoms with van der Waals surface area (Å²) in [5.74, 6) is 0.0251. The summed E-state index contributed by atoms with van der Waals surface area (Å²) >= 11 is 0. The second-order valence-electron chi connectivity index (χ2n) is 9.62. The maximum Gasteiger partial charge on any atom is 0.148 e. The van der Waals surface area contributed by atoms with Crippen molar-refractivity contribution in [3.05, 3.63) is 131 Å². The van der Waals surface area contributed by atoms with Crippen LogP contribution in [0.5, 0.6) is 0 Å². The molecule has 0 unspecified atom stereocenters. The smallest absolute Gasteiger partial charge is 0.148 e. The standard InChI is InChI=1S/C33H27O2/c34-21-26-20-31-28-17-16-25(19-24(28)15-18-30(31)29-14-8-7-13-27(26)29)33(35)32(22-9-3-1-4-10-22)23-11-5-2-6-12-23/h1-15,18,20,25,32H,16-17,19,21H2/t25-/m0/s1. The van der Waals surface area contributed by atoms with E-state index < -0.39 is 0 Å². The summed E-state index contributed by atoms with van der Waals surface area (Å²) in [7, 11) is 0. The SMILES string of the molecule is [O]Cc1cc2c3c(ccc2c2ccccc12)C[C@@H](C(=O)C(c1ccccc1)c1ccccc1)CC3. The molecule has 0 N–H and O–H groups in total. The van der Waals surface area contributed by atoms with Crippen molar-refractivity contribution < 1.29 is 9.90 Å². The third-order valence-corrected chi connectivity index (χ3v) is 7.65. The highest BCUT2D eigenvalue weighted by Gasteiger charge is 2.32. The molecule has 2 nitrogen and oxygen atoms in total. The highest BCUT2D eigenvalue weighted by atomic mass is 16.3. The van der Waals surface area contributed by atoms with Gasteiger partial charge >= 0.3 is 0 Å².